The van der Waals surface area contributed by atoms with Crippen LogP contribution < -0.4 is 5.32 Å². The summed E-state index contributed by atoms with van der Waals surface area (Å²) in [7, 11) is 1.72. The normalized spacial score (nSPS) is 13.0. The fourth-order valence-corrected chi connectivity index (χ4v) is 0.845. The number of ketones is 1. The van der Waals surface area contributed by atoms with E-state index in [9.17, 15) is 4.79 Å². The van der Waals surface area contributed by atoms with Gasteiger partial charge >= 0.3 is 0 Å². The molecule has 2 N–H and O–H groups in total. The van der Waals surface area contributed by atoms with Crippen LogP contribution in [0.25, 0.3) is 0 Å². The number of likely N-dealkylation sites (N-methyl/N-ethyl adjacent to an activating group) is 1. The summed E-state index contributed by atoms with van der Waals surface area (Å²) in [5.41, 5.74) is 0. The molecule has 0 heterocycles. The van der Waals surface area contributed by atoms with Gasteiger partial charge in [0.2, 0.25) is 0 Å². The molecule has 0 saturated carbocycles. The van der Waals surface area contributed by atoms with Crippen LogP contribution in [0.1, 0.15) is 12.8 Å². The van der Waals surface area contributed by atoms with Crippen LogP contribution in [0.15, 0.2) is 0 Å². The van der Waals surface area contributed by atoms with Crippen LogP contribution in [0.2, 0.25) is 0 Å². The maximum atomic E-state index is 10.8. The first-order chi connectivity index (χ1) is 5.20. The Morgan fingerprint density at radius 2 is 2.36 bits per heavy atom. The van der Waals surface area contributed by atoms with Gasteiger partial charge in [0.15, 0.2) is 0 Å². The van der Waals surface area contributed by atoms with Crippen LogP contribution >= 0.6 is 11.6 Å². The van der Waals surface area contributed by atoms with Crippen molar-refractivity contribution < 1.29 is 9.90 Å². The number of hydrogen-bond acceptors (Lipinski definition) is 3. The number of carbonyl (C=O) groups is 1. The van der Waals surface area contributed by atoms with E-state index in [0.29, 0.717) is 19.4 Å². The van der Waals surface area contributed by atoms with Crippen LogP contribution in [0.3, 0.4) is 0 Å². The molecule has 66 valence electrons. The molecule has 11 heavy (non-hydrogen) atoms. The van der Waals surface area contributed by atoms with Crippen molar-refractivity contribution in [3.63, 3.8) is 0 Å². The molecule has 0 radical (unpaired) electrons. The second-order valence-electron chi connectivity index (χ2n) is 2.42. The molecule has 4 heteroatoms. The third kappa shape index (κ3) is 6.28. The van der Waals surface area contributed by atoms with Crippen molar-refractivity contribution in [1.29, 1.82) is 0 Å². The van der Waals surface area contributed by atoms with Crippen molar-refractivity contribution in [3.8, 4) is 0 Å². The minimum absolute atomic E-state index is 0.108. The minimum atomic E-state index is -0.544. The Morgan fingerprint density at radius 3 is 2.82 bits per heavy atom. The largest absolute Gasteiger partial charge is 0.392 e. The Bertz CT molecular complexity index is 119. The van der Waals surface area contributed by atoms with E-state index in [2.05, 4.69) is 5.32 Å². The van der Waals surface area contributed by atoms with E-state index in [1.54, 1.807) is 7.05 Å². The molecular formula is C7H14ClNO2. The zero-order chi connectivity index (χ0) is 8.69. The Balaban J connectivity index is 3.30. The zero-order valence-corrected chi connectivity index (χ0v) is 7.40. The molecule has 0 saturated heterocycles. The van der Waals surface area contributed by atoms with E-state index in [0.717, 1.165) is 0 Å². The van der Waals surface area contributed by atoms with Crippen LogP contribution in [-0.4, -0.2) is 36.5 Å². The molecule has 0 aromatic carbocycles. The average molecular weight is 180 g/mol. The summed E-state index contributed by atoms with van der Waals surface area (Å²) >= 11 is 5.34. The van der Waals surface area contributed by atoms with Crippen molar-refractivity contribution >= 4 is 17.4 Å². The number of carbonyl (C=O) groups excluding carboxylic acids is 1. The molecule has 3 nitrogen and oxygen atoms in total. The highest BCUT2D eigenvalue weighted by atomic mass is 35.5. The monoisotopic (exact) mass is 179 g/mol. The number of halogens is 1. The Hall–Kier alpha value is -0.120. The zero-order valence-electron chi connectivity index (χ0n) is 6.64. The predicted molar refractivity (Wildman–Crippen MR) is 44.9 cm³/mol. The summed E-state index contributed by atoms with van der Waals surface area (Å²) in [5.74, 6) is 0.309. The number of nitrogens with one attached hydrogen (secondary N) is 1. The van der Waals surface area contributed by atoms with Gasteiger partial charge < -0.3 is 10.4 Å². The van der Waals surface area contributed by atoms with Crippen molar-refractivity contribution in [2.75, 3.05) is 19.5 Å². The lowest BCUT2D eigenvalue weighted by Gasteiger charge is -2.04. The third-order valence-corrected chi connectivity index (χ3v) is 1.66. The Labute approximate surface area is 71.7 Å². The second-order valence-corrected chi connectivity index (χ2v) is 2.72. The highest BCUT2D eigenvalue weighted by Crippen LogP contribution is 1.99. The number of aliphatic hydroxyl groups excluding tert-OH is 1. The lowest BCUT2D eigenvalue weighted by Crippen LogP contribution is -2.20. The number of alkyl halides is 1. The molecule has 0 aromatic rings. The minimum Gasteiger partial charge on any atom is -0.392 e. The lowest BCUT2D eigenvalue weighted by molar-refractivity contribution is -0.118. The van der Waals surface area contributed by atoms with Crippen molar-refractivity contribution in [2.24, 2.45) is 0 Å². The van der Waals surface area contributed by atoms with Crippen molar-refractivity contribution in [3.05, 3.63) is 0 Å². The summed E-state index contributed by atoms with van der Waals surface area (Å²) < 4.78 is 0. The van der Waals surface area contributed by atoms with Gasteiger partial charge in [-0.15, -0.1) is 11.6 Å². The first-order valence-electron chi connectivity index (χ1n) is 3.61. The van der Waals surface area contributed by atoms with E-state index in [1.807, 2.05) is 0 Å². The van der Waals surface area contributed by atoms with Gasteiger partial charge in [-0.05, 0) is 13.5 Å². The van der Waals surface area contributed by atoms with Crippen LogP contribution in [-0.2, 0) is 4.79 Å². The third-order valence-electron chi connectivity index (χ3n) is 1.31. The van der Waals surface area contributed by atoms with Crippen LogP contribution in [0.4, 0.5) is 0 Å². The molecule has 0 amide bonds. The number of hydrogen-bond donors (Lipinski definition) is 2. The summed E-state index contributed by atoms with van der Waals surface area (Å²) in [6, 6.07) is 0. The molecule has 0 aliphatic heterocycles. The molecule has 0 rings (SSSR count). The Morgan fingerprint density at radius 1 is 1.73 bits per heavy atom. The smallest absolute Gasteiger partial charge is 0.146 e. The summed E-state index contributed by atoms with van der Waals surface area (Å²) in [5, 5.41) is 11.7. The first-order valence-corrected chi connectivity index (χ1v) is 4.14. The van der Waals surface area contributed by atoms with Crippen molar-refractivity contribution in [2.45, 2.75) is 18.9 Å². The molecule has 0 aromatic heterocycles. The van der Waals surface area contributed by atoms with Crippen molar-refractivity contribution in [1.82, 2.24) is 5.32 Å². The molecule has 0 spiro atoms. The van der Waals surface area contributed by atoms with Gasteiger partial charge in [0.05, 0.1) is 12.6 Å². The van der Waals surface area contributed by atoms with Gasteiger partial charge in [-0.3, -0.25) is 4.79 Å². The van der Waals surface area contributed by atoms with Gasteiger partial charge in [0.1, 0.15) is 5.78 Å². The Kier molecular flexibility index (Phi) is 6.51. The SMILES string of the molecule is CNCC(=O)CCC(O)CCl. The van der Waals surface area contributed by atoms with E-state index < -0.39 is 6.10 Å². The molecule has 0 bridgehead atoms. The van der Waals surface area contributed by atoms with Gasteiger partial charge in [-0.2, -0.15) is 0 Å². The highest BCUT2D eigenvalue weighted by molar-refractivity contribution is 6.18. The fourth-order valence-electron chi connectivity index (χ4n) is 0.690. The summed E-state index contributed by atoms with van der Waals surface area (Å²) in [6.45, 7) is 0.370. The average Bonchev–Trinajstić information content (AvgIpc) is 2.01. The standard InChI is InChI=1S/C7H14ClNO2/c1-9-5-7(11)3-2-6(10)4-8/h6,9-10H,2-5H2,1H3. The molecule has 0 aliphatic rings. The topological polar surface area (TPSA) is 49.3 Å². The lowest BCUT2D eigenvalue weighted by atomic mass is 10.1. The van der Waals surface area contributed by atoms with Crippen LogP contribution in [0.5, 0.6) is 0 Å². The number of rotatable bonds is 6. The second kappa shape index (κ2) is 6.58. The predicted octanol–water partition coefficient (Wildman–Crippen LogP) is 0.155. The molecule has 1 unspecified atom stereocenters. The summed E-state index contributed by atoms with van der Waals surface area (Å²) in [6.07, 6.45) is 0.316. The van der Waals surface area contributed by atoms with Gasteiger partial charge in [-0.1, -0.05) is 0 Å². The first kappa shape index (κ1) is 10.9. The van der Waals surface area contributed by atoms with E-state index >= 15 is 0 Å². The van der Waals surface area contributed by atoms with E-state index in [4.69, 9.17) is 16.7 Å². The maximum Gasteiger partial charge on any atom is 0.146 e. The quantitative estimate of drug-likeness (QED) is 0.571. The molecule has 0 aliphatic carbocycles. The maximum absolute atomic E-state index is 10.8. The number of aliphatic hydroxyl groups is 1. The van der Waals surface area contributed by atoms with Crippen LogP contribution in [0, 0.1) is 0 Å². The molecule has 0 fully saturated rings. The van der Waals surface area contributed by atoms with Gasteiger partial charge in [-0.25, -0.2) is 0 Å². The molecular weight excluding hydrogens is 166 g/mol. The van der Waals surface area contributed by atoms with Gasteiger partial charge in [0, 0.05) is 12.3 Å². The fraction of sp³-hybridized carbons (Fsp3) is 0.857. The van der Waals surface area contributed by atoms with E-state index in [-0.39, 0.29) is 11.7 Å². The van der Waals surface area contributed by atoms with E-state index in [1.165, 1.54) is 0 Å². The van der Waals surface area contributed by atoms with Gasteiger partial charge in [0.25, 0.3) is 0 Å². The highest BCUT2D eigenvalue weighted by Gasteiger charge is 2.05. The molecule has 1 atom stereocenters. The summed E-state index contributed by atoms with van der Waals surface area (Å²) in [4.78, 5) is 10.8. The number of Topliss-reactive ketones (excluding diaryl/α,β-unsaturated/α-hetero) is 1.